The number of hydrogen-bond donors (Lipinski definition) is 2. The van der Waals surface area contributed by atoms with Crippen molar-refractivity contribution in [1.29, 1.82) is 0 Å². The van der Waals surface area contributed by atoms with Gasteiger partial charge in [0.25, 0.3) is 0 Å². The Hall–Kier alpha value is -0.570. The summed E-state index contributed by atoms with van der Waals surface area (Å²) in [6.45, 7) is 1.65. The fraction of sp³-hybridized carbons (Fsp3) is 0.400. The van der Waals surface area contributed by atoms with E-state index in [1.165, 1.54) is 0 Å². The topological polar surface area (TPSA) is 40.5 Å². The molecule has 2 atom stereocenters. The molecule has 1 rings (SSSR count). The second-order valence-corrected chi connectivity index (χ2v) is 3.59. The van der Waals surface area contributed by atoms with E-state index in [1.807, 2.05) is 0 Å². The largest absolute Gasteiger partial charge is 0.393 e. The summed E-state index contributed by atoms with van der Waals surface area (Å²) in [7, 11) is 0. The second-order valence-electron chi connectivity index (χ2n) is 3.16. The van der Waals surface area contributed by atoms with Gasteiger partial charge in [-0.25, -0.2) is 0 Å². The Morgan fingerprint density at radius 1 is 1.38 bits per heavy atom. The van der Waals surface area contributed by atoms with Gasteiger partial charge in [0.2, 0.25) is 0 Å². The van der Waals surface area contributed by atoms with Gasteiger partial charge < -0.3 is 10.2 Å². The van der Waals surface area contributed by atoms with Crippen molar-refractivity contribution in [2.45, 2.75) is 25.6 Å². The maximum absolute atomic E-state index is 9.60. The highest BCUT2D eigenvalue weighted by Gasteiger charge is 2.10. The van der Waals surface area contributed by atoms with Gasteiger partial charge in [-0.2, -0.15) is 0 Å². The first-order valence-electron chi connectivity index (χ1n) is 4.21. The van der Waals surface area contributed by atoms with Crippen molar-refractivity contribution < 1.29 is 10.2 Å². The standard InChI is InChI=1S/C10H13ClO2/c1-7(12)5-10(13)8-3-2-4-9(11)6-8/h2-4,6-7,10,12-13H,5H2,1H3/t7-,10+/m0/s1. The van der Waals surface area contributed by atoms with Crippen molar-refractivity contribution in [3.05, 3.63) is 34.9 Å². The Kier molecular flexibility index (Phi) is 3.72. The minimum absolute atomic E-state index is 0.334. The van der Waals surface area contributed by atoms with Crippen LogP contribution in [-0.4, -0.2) is 16.3 Å². The predicted molar refractivity (Wildman–Crippen MR) is 52.7 cm³/mol. The first-order valence-corrected chi connectivity index (χ1v) is 4.59. The first-order chi connectivity index (χ1) is 6.09. The Bertz CT molecular complexity index is 273. The number of rotatable bonds is 3. The second kappa shape index (κ2) is 4.61. The van der Waals surface area contributed by atoms with Gasteiger partial charge in [0, 0.05) is 11.4 Å². The zero-order valence-electron chi connectivity index (χ0n) is 7.44. The van der Waals surface area contributed by atoms with Crippen molar-refractivity contribution in [3.63, 3.8) is 0 Å². The van der Waals surface area contributed by atoms with E-state index in [0.29, 0.717) is 11.4 Å². The van der Waals surface area contributed by atoms with Gasteiger partial charge in [0.15, 0.2) is 0 Å². The predicted octanol–water partition coefficient (Wildman–Crippen LogP) is 2.14. The third-order valence-corrected chi connectivity index (χ3v) is 2.03. The fourth-order valence-electron chi connectivity index (χ4n) is 1.17. The van der Waals surface area contributed by atoms with Crippen LogP contribution < -0.4 is 0 Å². The van der Waals surface area contributed by atoms with E-state index in [9.17, 15) is 5.11 Å². The lowest BCUT2D eigenvalue weighted by Crippen LogP contribution is -2.07. The summed E-state index contributed by atoms with van der Waals surface area (Å²) < 4.78 is 0. The minimum atomic E-state index is -0.640. The molecule has 0 spiro atoms. The molecule has 1 aromatic carbocycles. The van der Waals surface area contributed by atoms with E-state index < -0.39 is 12.2 Å². The van der Waals surface area contributed by atoms with Crippen LogP contribution in [0.15, 0.2) is 24.3 Å². The lowest BCUT2D eigenvalue weighted by atomic mass is 10.0. The first kappa shape index (κ1) is 10.5. The molecule has 0 aromatic heterocycles. The molecule has 2 N–H and O–H groups in total. The molecule has 72 valence electrons. The van der Waals surface area contributed by atoms with Crippen molar-refractivity contribution in [3.8, 4) is 0 Å². The van der Waals surface area contributed by atoms with Gasteiger partial charge in [-0.3, -0.25) is 0 Å². The zero-order chi connectivity index (χ0) is 9.84. The lowest BCUT2D eigenvalue weighted by Gasteiger charge is -2.12. The third kappa shape index (κ3) is 3.35. The average molecular weight is 201 g/mol. The molecule has 0 amide bonds. The smallest absolute Gasteiger partial charge is 0.0815 e. The highest BCUT2D eigenvalue weighted by molar-refractivity contribution is 6.30. The number of hydrogen-bond acceptors (Lipinski definition) is 2. The molecule has 3 heteroatoms. The van der Waals surface area contributed by atoms with Gasteiger partial charge >= 0.3 is 0 Å². The van der Waals surface area contributed by atoms with Crippen LogP contribution in [0.4, 0.5) is 0 Å². The molecular weight excluding hydrogens is 188 g/mol. The van der Waals surface area contributed by atoms with E-state index in [-0.39, 0.29) is 0 Å². The van der Waals surface area contributed by atoms with Crippen LogP contribution in [0.25, 0.3) is 0 Å². The number of benzene rings is 1. The van der Waals surface area contributed by atoms with E-state index in [0.717, 1.165) is 5.56 Å². The summed E-state index contributed by atoms with van der Waals surface area (Å²) in [5.41, 5.74) is 0.744. The molecule has 1 aromatic rings. The number of aliphatic hydroxyl groups excluding tert-OH is 2. The van der Waals surface area contributed by atoms with Crippen molar-refractivity contribution in [2.75, 3.05) is 0 Å². The Balaban J connectivity index is 2.71. The summed E-state index contributed by atoms with van der Waals surface area (Å²) in [5.74, 6) is 0. The maximum atomic E-state index is 9.60. The molecule has 0 aliphatic rings. The van der Waals surface area contributed by atoms with Crippen molar-refractivity contribution in [2.24, 2.45) is 0 Å². The van der Waals surface area contributed by atoms with Crippen LogP contribution in [0, 0.1) is 0 Å². The van der Waals surface area contributed by atoms with Crippen LogP contribution in [0.5, 0.6) is 0 Å². The molecule has 0 saturated heterocycles. The van der Waals surface area contributed by atoms with Gasteiger partial charge in [-0.15, -0.1) is 0 Å². The van der Waals surface area contributed by atoms with Gasteiger partial charge in [-0.05, 0) is 24.6 Å². The summed E-state index contributed by atoms with van der Waals surface area (Å²) in [6, 6.07) is 7.02. The molecule has 0 unspecified atom stereocenters. The third-order valence-electron chi connectivity index (χ3n) is 1.80. The summed E-state index contributed by atoms with van der Waals surface area (Å²) in [4.78, 5) is 0. The monoisotopic (exact) mass is 200 g/mol. The molecule has 0 heterocycles. The maximum Gasteiger partial charge on any atom is 0.0815 e. The van der Waals surface area contributed by atoms with E-state index in [4.69, 9.17) is 16.7 Å². The quantitative estimate of drug-likeness (QED) is 0.785. The van der Waals surface area contributed by atoms with Crippen LogP contribution >= 0.6 is 11.6 Å². The molecule has 0 radical (unpaired) electrons. The SMILES string of the molecule is C[C@H](O)C[C@@H](O)c1cccc(Cl)c1. The summed E-state index contributed by atoms with van der Waals surface area (Å²) in [6.07, 6.45) is -0.812. The highest BCUT2D eigenvalue weighted by atomic mass is 35.5. The molecule has 13 heavy (non-hydrogen) atoms. The number of aliphatic hydroxyl groups is 2. The van der Waals surface area contributed by atoms with Crippen molar-refractivity contribution in [1.82, 2.24) is 0 Å². The van der Waals surface area contributed by atoms with Crippen LogP contribution in [0.1, 0.15) is 25.0 Å². The fourth-order valence-corrected chi connectivity index (χ4v) is 1.37. The van der Waals surface area contributed by atoms with Crippen LogP contribution in [0.3, 0.4) is 0 Å². The molecule has 2 nitrogen and oxygen atoms in total. The molecule has 0 bridgehead atoms. The summed E-state index contributed by atoms with van der Waals surface area (Å²) >= 11 is 5.75. The van der Waals surface area contributed by atoms with Gasteiger partial charge in [0.1, 0.15) is 0 Å². The molecular formula is C10H13ClO2. The Morgan fingerprint density at radius 2 is 2.08 bits per heavy atom. The molecule has 0 saturated carbocycles. The van der Waals surface area contributed by atoms with Gasteiger partial charge in [-0.1, -0.05) is 23.7 Å². The molecule has 0 aliphatic carbocycles. The normalized spacial score (nSPS) is 15.4. The van der Waals surface area contributed by atoms with Crippen LogP contribution in [0.2, 0.25) is 5.02 Å². The Morgan fingerprint density at radius 3 is 2.62 bits per heavy atom. The van der Waals surface area contributed by atoms with Gasteiger partial charge in [0.05, 0.1) is 12.2 Å². The van der Waals surface area contributed by atoms with E-state index >= 15 is 0 Å². The number of halogens is 1. The van der Waals surface area contributed by atoms with Crippen molar-refractivity contribution >= 4 is 11.6 Å². The van der Waals surface area contributed by atoms with E-state index in [2.05, 4.69) is 0 Å². The lowest BCUT2D eigenvalue weighted by molar-refractivity contribution is 0.0907. The molecule has 0 fully saturated rings. The van der Waals surface area contributed by atoms with Crippen LogP contribution in [-0.2, 0) is 0 Å². The minimum Gasteiger partial charge on any atom is -0.393 e. The molecule has 0 aliphatic heterocycles. The zero-order valence-corrected chi connectivity index (χ0v) is 8.20. The highest BCUT2D eigenvalue weighted by Crippen LogP contribution is 2.21. The Labute approximate surface area is 82.8 Å². The average Bonchev–Trinajstić information content (AvgIpc) is 2.03. The summed E-state index contributed by atoms with van der Waals surface area (Å²) in [5, 5.41) is 19.3. The van der Waals surface area contributed by atoms with E-state index in [1.54, 1.807) is 31.2 Å².